The number of anilines is 1. The van der Waals surface area contributed by atoms with Crippen molar-refractivity contribution in [1.29, 1.82) is 0 Å². The summed E-state index contributed by atoms with van der Waals surface area (Å²) in [4.78, 5) is 16.4. The van der Waals surface area contributed by atoms with Gasteiger partial charge in [-0.05, 0) is 24.6 Å². The van der Waals surface area contributed by atoms with Gasteiger partial charge in [-0.15, -0.1) is 5.10 Å². The molecule has 3 aromatic rings. The number of amides is 1. The average Bonchev–Trinajstić information content (AvgIpc) is 3.28. The van der Waals surface area contributed by atoms with Gasteiger partial charge in [-0.2, -0.15) is 17.7 Å². The lowest BCUT2D eigenvalue weighted by molar-refractivity contribution is -0.115. The number of carbonyl (C=O) groups is 1. The number of rotatable bonds is 7. The molecule has 0 radical (unpaired) electrons. The van der Waals surface area contributed by atoms with Crippen molar-refractivity contribution in [3.05, 3.63) is 66.7 Å². The number of nitrogens with zero attached hydrogens (tertiary/aromatic N) is 3. The zero-order valence-electron chi connectivity index (χ0n) is 16.8. The summed E-state index contributed by atoms with van der Waals surface area (Å²) in [5.74, 6) is 0.638. The van der Waals surface area contributed by atoms with E-state index in [-0.39, 0.29) is 11.5 Å². The summed E-state index contributed by atoms with van der Waals surface area (Å²) in [5.41, 5.74) is 0.0377. The van der Waals surface area contributed by atoms with E-state index in [0.717, 1.165) is 6.08 Å². The van der Waals surface area contributed by atoms with E-state index in [9.17, 15) is 18.0 Å². The first-order chi connectivity index (χ1) is 14.7. The molecular formula is C21H19F3N4O3. The van der Waals surface area contributed by atoms with Crippen LogP contribution >= 0.6 is 0 Å². The summed E-state index contributed by atoms with van der Waals surface area (Å²) in [6, 6.07) is 4.71. The molecule has 1 amide bonds. The van der Waals surface area contributed by atoms with Gasteiger partial charge in [0.2, 0.25) is 17.5 Å². The summed E-state index contributed by atoms with van der Waals surface area (Å²) in [5, 5.41) is 6.88. The molecule has 0 aliphatic rings. The third-order valence-electron chi connectivity index (χ3n) is 4.44. The number of imidazole rings is 1. The van der Waals surface area contributed by atoms with E-state index in [1.807, 2.05) is 0 Å². The maximum absolute atomic E-state index is 13.1. The monoisotopic (exact) mass is 432 g/mol. The maximum Gasteiger partial charge on any atom is 0.416 e. The molecular weight excluding hydrogens is 413 g/mol. The fourth-order valence-corrected chi connectivity index (χ4v) is 2.96. The van der Waals surface area contributed by atoms with Crippen molar-refractivity contribution >= 4 is 17.3 Å². The molecule has 0 unspecified atom stereocenters. The van der Waals surface area contributed by atoms with E-state index in [0.29, 0.717) is 34.6 Å². The zero-order valence-corrected chi connectivity index (χ0v) is 16.8. The lowest BCUT2D eigenvalue weighted by Gasteiger charge is -2.13. The van der Waals surface area contributed by atoms with Gasteiger partial charge in [0.05, 0.1) is 30.9 Å². The Morgan fingerprint density at radius 1 is 1.32 bits per heavy atom. The summed E-state index contributed by atoms with van der Waals surface area (Å²) in [6.07, 6.45) is -1.96. The molecule has 0 saturated carbocycles. The second kappa shape index (κ2) is 8.50. The molecule has 31 heavy (non-hydrogen) atoms. The van der Waals surface area contributed by atoms with Gasteiger partial charge in [-0.1, -0.05) is 25.3 Å². The Hall–Kier alpha value is -3.82. The van der Waals surface area contributed by atoms with Gasteiger partial charge in [-0.3, -0.25) is 4.79 Å². The number of nitrogens with one attached hydrogen (secondary N) is 1. The topological polar surface area (TPSA) is 81.7 Å². The number of hydrogen-bond donors (Lipinski definition) is 1. The summed E-state index contributed by atoms with van der Waals surface area (Å²) in [6.45, 7) is 8.31. The number of allylic oxidation sites excluding steroid dienone is 3. The molecule has 162 valence electrons. The molecule has 1 aromatic carbocycles. The maximum atomic E-state index is 13.1. The predicted octanol–water partition coefficient (Wildman–Crippen LogP) is 4.87. The van der Waals surface area contributed by atoms with Crippen LogP contribution in [0.4, 0.5) is 18.9 Å². The van der Waals surface area contributed by atoms with Crippen LogP contribution in [-0.4, -0.2) is 33.8 Å². The molecule has 1 N–H and O–H groups in total. The molecule has 0 aliphatic carbocycles. The van der Waals surface area contributed by atoms with Gasteiger partial charge in [0.1, 0.15) is 11.6 Å². The molecule has 0 bridgehead atoms. The first kappa shape index (κ1) is 21.9. The van der Waals surface area contributed by atoms with Crippen LogP contribution in [0.2, 0.25) is 0 Å². The minimum atomic E-state index is -4.63. The van der Waals surface area contributed by atoms with Crippen LogP contribution in [0.5, 0.6) is 5.75 Å². The van der Waals surface area contributed by atoms with Gasteiger partial charge >= 0.3 is 6.18 Å². The number of hydrogen-bond acceptors (Lipinski definition) is 5. The number of aromatic nitrogens is 3. The van der Waals surface area contributed by atoms with Crippen LogP contribution in [0.3, 0.4) is 0 Å². The Kier molecular flexibility index (Phi) is 6.00. The van der Waals surface area contributed by atoms with Gasteiger partial charge < -0.3 is 14.5 Å². The summed E-state index contributed by atoms with van der Waals surface area (Å²) < 4.78 is 51.8. The second-order valence-electron chi connectivity index (χ2n) is 6.45. The number of carbonyl (C=O) groups excluding carboxylic acids is 1. The second-order valence-corrected chi connectivity index (χ2v) is 6.45. The Labute approximate surface area is 175 Å². The summed E-state index contributed by atoms with van der Waals surface area (Å²) in [7, 11) is 1.44. The number of aryl methyl sites for hydroxylation is 1. The van der Waals surface area contributed by atoms with Crippen molar-refractivity contribution in [2.45, 2.75) is 19.5 Å². The first-order valence-electron chi connectivity index (χ1n) is 9.02. The fourth-order valence-electron chi connectivity index (χ4n) is 2.96. The Morgan fingerprint density at radius 3 is 2.65 bits per heavy atom. The number of ether oxygens (including phenoxy) is 1. The number of methoxy groups -OCH3 is 1. The van der Waals surface area contributed by atoms with Crippen molar-refractivity contribution < 1.29 is 27.1 Å². The molecule has 10 heteroatoms. The van der Waals surface area contributed by atoms with Gasteiger partial charge in [-0.25, -0.2) is 4.98 Å². The number of benzene rings is 1. The lowest BCUT2D eigenvalue weighted by Crippen LogP contribution is -2.17. The van der Waals surface area contributed by atoms with E-state index in [1.54, 1.807) is 19.1 Å². The average molecular weight is 432 g/mol. The largest absolute Gasteiger partial charge is 0.496 e. The van der Waals surface area contributed by atoms with Crippen molar-refractivity contribution in [2.75, 3.05) is 12.4 Å². The van der Waals surface area contributed by atoms with E-state index < -0.39 is 24.1 Å². The highest BCUT2D eigenvalue weighted by Crippen LogP contribution is 2.33. The minimum absolute atomic E-state index is 0.275. The third kappa shape index (κ3) is 4.52. The Balaban J connectivity index is 1.84. The summed E-state index contributed by atoms with van der Waals surface area (Å²) >= 11 is 0. The SMILES string of the molecule is C=C/C(CC(=O)Nc1ccc(-c2nn3c(C)ncc3o2)c(OC)c1)=C(\C=C)C(F)(F)F. The molecule has 0 fully saturated rings. The number of alkyl halides is 3. The van der Waals surface area contributed by atoms with E-state index in [4.69, 9.17) is 9.15 Å². The molecule has 3 rings (SSSR count). The molecule has 7 nitrogen and oxygen atoms in total. The lowest BCUT2D eigenvalue weighted by atomic mass is 10.0. The highest BCUT2D eigenvalue weighted by atomic mass is 19.4. The fraction of sp³-hybridized carbons (Fsp3) is 0.190. The van der Waals surface area contributed by atoms with E-state index in [1.165, 1.54) is 23.9 Å². The Bertz CT molecular complexity index is 1190. The quantitative estimate of drug-likeness (QED) is 0.539. The van der Waals surface area contributed by atoms with Crippen molar-refractivity contribution in [1.82, 2.24) is 14.6 Å². The standard InChI is InChI=1S/C21H19F3N4O3/c1-5-13(16(6-2)21(22,23)24)9-18(29)26-14-7-8-15(17(10-14)30-4)20-27-28-12(3)25-11-19(28)31-20/h5-8,10-11H,1-2,9H2,3-4H3,(H,26,29)/b16-13-. The van der Waals surface area contributed by atoms with Crippen molar-refractivity contribution in [3.8, 4) is 17.2 Å². The zero-order chi connectivity index (χ0) is 22.8. The molecule has 2 aromatic heterocycles. The van der Waals surface area contributed by atoms with Crippen LogP contribution in [-0.2, 0) is 4.79 Å². The van der Waals surface area contributed by atoms with Gasteiger partial charge in [0.15, 0.2) is 0 Å². The molecule has 0 spiro atoms. The van der Waals surface area contributed by atoms with Crippen LogP contribution in [0.15, 0.2) is 65.3 Å². The van der Waals surface area contributed by atoms with E-state index in [2.05, 4.69) is 28.6 Å². The number of halogens is 3. The van der Waals surface area contributed by atoms with Crippen LogP contribution in [0.1, 0.15) is 12.2 Å². The Morgan fingerprint density at radius 2 is 2.06 bits per heavy atom. The van der Waals surface area contributed by atoms with Gasteiger partial charge in [0, 0.05) is 11.8 Å². The third-order valence-corrected chi connectivity index (χ3v) is 4.44. The molecule has 2 heterocycles. The molecule has 0 aliphatic heterocycles. The van der Waals surface area contributed by atoms with Crippen LogP contribution in [0.25, 0.3) is 17.2 Å². The van der Waals surface area contributed by atoms with Crippen LogP contribution in [0, 0.1) is 6.92 Å². The van der Waals surface area contributed by atoms with Crippen LogP contribution < -0.4 is 10.1 Å². The normalized spacial score (nSPS) is 12.4. The first-order valence-corrected chi connectivity index (χ1v) is 9.02. The van der Waals surface area contributed by atoms with Gasteiger partial charge in [0.25, 0.3) is 0 Å². The highest BCUT2D eigenvalue weighted by Gasteiger charge is 2.33. The smallest absolute Gasteiger partial charge is 0.416 e. The number of fused-ring (bicyclic) bond motifs is 1. The van der Waals surface area contributed by atoms with Crippen molar-refractivity contribution in [2.24, 2.45) is 0 Å². The highest BCUT2D eigenvalue weighted by molar-refractivity contribution is 5.93. The van der Waals surface area contributed by atoms with E-state index >= 15 is 0 Å². The minimum Gasteiger partial charge on any atom is -0.496 e. The molecule has 0 atom stereocenters. The predicted molar refractivity (Wildman–Crippen MR) is 109 cm³/mol. The molecule has 0 saturated heterocycles. The van der Waals surface area contributed by atoms with Crippen molar-refractivity contribution in [3.63, 3.8) is 0 Å².